The summed E-state index contributed by atoms with van der Waals surface area (Å²) in [6.07, 6.45) is 0.332. The summed E-state index contributed by atoms with van der Waals surface area (Å²) in [6, 6.07) is 4.44. The first-order valence-electron chi connectivity index (χ1n) is 4.13. The van der Waals surface area contributed by atoms with Crippen molar-refractivity contribution in [1.82, 2.24) is 4.98 Å². The number of aromatic carboxylic acids is 1. The largest absolute Gasteiger partial charge is 0.477 e. The fourth-order valence-electron chi connectivity index (χ4n) is 0.855. The zero-order valence-electron chi connectivity index (χ0n) is 7.65. The summed E-state index contributed by atoms with van der Waals surface area (Å²) in [4.78, 5) is 25.2. The number of anilines is 1. The van der Waals surface area contributed by atoms with Crippen molar-refractivity contribution in [2.24, 2.45) is 0 Å². The van der Waals surface area contributed by atoms with E-state index in [1.54, 1.807) is 13.0 Å². The van der Waals surface area contributed by atoms with Crippen LogP contribution in [0.25, 0.3) is 0 Å². The van der Waals surface area contributed by atoms with Crippen molar-refractivity contribution >= 4 is 17.7 Å². The Morgan fingerprint density at radius 1 is 1.50 bits per heavy atom. The topological polar surface area (TPSA) is 79.3 Å². The Kier molecular flexibility index (Phi) is 3.17. The predicted molar refractivity (Wildman–Crippen MR) is 50.1 cm³/mol. The van der Waals surface area contributed by atoms with Crippen LogP contribution >= 0.6 is 0 Å². The maximum Gasteiger partial charge on any atom is 0.354 e. The van der Waals surface area contributed by atoms with E-state index in [9.17, 15) is 9.59 Å². The van der Waals surface area contributed by atoms with Crippen LogP contribution in [0.15, 0.2) is 18.2 Å². The Morgan fingerprint density at radius 3 is 2.79 bits per heavy atom. The molecule has 5 nitrogen and oxygen atoms in total. The van der Waals surface area contributed by atoms with Crippen molar-refractivity contribution in [3.05, 3.63) is 23.9 Å². The predicted octanol–water partition coefficient (Wildman–Crippen LogP) is 1.13. The molecule has 0 aliphatic heterocycles. The first-order valence-corrected chi connectivity index (χ1v) is 4.13. The fourth-order valence-corrected chi connectivity index (χ4v) is 0.855. The highest BCUT2D eigenvalue weighted by atomic mass is 16.4. The molecule has 0 saturated heterocycles. The average molecular weight is 194 g/mol. The lowest BCUT2D eigenvalue weighted by Crippen LogP contribution is -2.12. The van der Waals surface area contributed by atoms with Crippen LogP contribution in [-0.4, -0.2) is 22.0 Å². The van der Waals surface area contributed by atoms with E-state index in [2.05, 4.69) is 10.3 Å². The summed E-state index contributed by atoms with van der Waals surface area (Å²) < 4.78 is 0. The van der Waals surface area contributed by atoms with Gasteiger partial charge in [-0.3, -0.25) is 4.79 Å². The Labute approximate surface area is 80.8 Å². The average Bonchev–Trinajstić information content (AvgIpc) is 2.18. The number of nitrogens with zero attached hydrogens (tertiary/aromatic N) is 1. The van der Waals surface area contributed by atoms with Crippen LogP contribution in [0, 0.1) is 0 Å². The van der Waals surface area contributed by atoms with Crippen molar-refractivity contribution < 1.29 is 14.7 Å². The van der Waals surface area contributed by atoms with Gasteiger partial charge in [-0.25, -0.2) is 9.78 Å². The summed E-state index contributed by atoms with van der Waals surface area (Å²) in [7, 11) is 0. The number of carboxylic acid groups (broad SMARTS) is 1. The van der Waals surface area contributed by atoms with Gasteiger partial charge < -0.3 is 10.4 Å². The molecule has 0 spiro atoms. The van der Waals surface area contributed by atoms with E-state index >= 15 is 0 Å². The van der Waals surface area contributed by atoms with Crippen molar-refractivity contribution in [1.29, 1.82) is 0 Å². The quantitative estimate of drug-likeness (QED) is 0.755. The molecule has 1 amide bonds. The van der Waals surface area contributed by atoms with Gasteiger partial charge in [0.05, 0.1) is 0 Å². The molecule has 0 aromatic carbocycles. The maximum atomic E-state index is 11.0. The molecule has 1 aromatic rings. The SMILES string of the molecule is CCC(=O)Nc1cccc(C(=O)O)n1. The zero-order chi connectivity index (χ0) is 10.6. The number of amides is 1. The lowest BCUT2D eigenvalue weighted by Gasteiger charge is -2.02. The van der Waals surface area contributed by atoms with Crippen molar-refractivity contribution in [3.8, 4) is 0 Å². The molecule has 2 N–H and O–H groups in total. The Bertz CT molecular complexity index is 363. The molecule has 0 radical (unpaired) electrons. The second kappa shape index (κ2) is 4.36. The summed E-state index contributed by atoms with van der Waals surface area (Å²) >= 11 is 0. The van der Waals surface area contributed by atoms with Crippen LogP contribution in [0.2, 0.25) is 0 Å². The summed E-state index contributed by atoms with van der Waals surface area (Å²) in [5, 5.41) is 11.1. The third-order valence-electron chi connectivity index (χ3n) is 1.56. The zero-order valence-corrected chi connectivity index (χ0v) is 7.65. The molecule has 0 aliphatic rings. The smallest absolute Gasteiger partial charge is 0.354 e. The molecule has 0 bridgehead atoms. The molecule has 0 fully saturated rings. The second-order valence-electron chi connectivity index (χ2n) is 2.61. The first kappa shape index (κ1) is 10.2. The molecule has 5 heteroatoms. The molecular weight excluding hydrogens is 184 g/mol. The Balaban J connectivity index is 2.83. The molecule has 1 aromatic heterocycles. The lowest BCUT2D eigenvalue weighted by atomic mass is 10.3. The van der Waals surface area contributed by atoms with Crippen LogP contribution in [0.1, 0.15) is 23.8 Å². The number of hydrogen-bond acceptors (Lipinski definition) is 3. The van der Waals surface area contributed by atoms with Crippen LogP contribution in [0.4, 0.5) is 5.82 Å². The number of carbonyl (C=O) groups is 2. The van der Waals surface area contributed by atoms with Gasteiger partial charge in [0.2, 0.25) is 5.91 Å². The van der Waals surface area contributed by atoms with Gasteiger partial charge >= 0.3 is 5.97 Å². The van der Waals surface area contributed by atoms with E-state index in [1.165, 1.54) is 12.1 Å². The molecule has 0 atom stereocenters. The first-order chi connectivity index (χ1) is 6.63. The van der Waals surface area contributed by atoms with E-state index in [-0.39, 0.29) is 17.4 Å². The summed E-state index contributed by atoms with van der Waals surface area (Å²) in [5.41, 5.74) is -0.0843. The van der Waals surface area contributed by atoms with E-state index < -0.39 is 5.97 Å². The highest BCUT2D eigenvalue weighted by Gasteiger charge is 2.06. The maximum absolute atomic E-state index is 11.0. The van der Waals surface area contributed by atoms with E-state index in [1.807, 2.05) is 0 Å². The Morgan fingerprint density at radius 2 is 2.21 bits per heavy atom. The van der Waals surface area contributed by atoms with Gasteiger partial charge in [0.15, 0.2) is 5.69 Å². The summed E-state index contributed by atoms with van der Waals surface area (Å²) in [6.45, 7) is 1.70. The van der Waals surface area contributed by atoms with E-state index in [0.29, 0.717) is 6.42 Å². The third kappa shape index (κ3) is 2.55. The molecule has 0 saturated carbocycles. The number of rotatable bonds is 3. The van der Waals surface area contributed by atoms with Crippen LogP contribution < -0.4 is 5.32 Å². The fraction of sp³-hybridized carbons (Fsp3) is 0.222. The molecule has 74 valence electrons. The van der Waals surface area contributed by atoms with Crippen LogP contribution in [0.5, 0.6) is 0 Å². The third-order valence-corrected chi connectivity index (χ3v) is 1.56. The number of pyridine rings is 1. The number of aromatic nitrogens is 1. The van der Waals surface area contributed by atoms with Gasteiger partial charge in [0, 0.05) is 6.42 Å². The van der Waals surface area contributed by atoms with Gasteiger partial charge in [-0.05, 0) is 12.1 Å². The number of carboxylic acids is 1. The van der Waals surface area contributed by atoms with Crippen molar-refractivity contribution in [2.45, 2.75) is 13.3 Å². The normalized spacial score (nSPS) is 9.50. The van der Waals surface area contributed by atoms with Gasteiger partial charge in [-0.2, -0.15) is 0 Å². The monoisotopic (exact) mass is 194 g/mol. The standard InChI is InChI=1S/C9H10N2O3/c1-2-8(12)11-7-5-3-4-6(10-7)9(13)14/h3-5H,2H2,1H3,(H,13,14)(H,10,11,12). The van der Waals surface area contributed by atoms with Crippen LogP contribution in [-0.2, 0) is 4.79 Å². The molecule has 0 unspecified atom stereocenters. The molecule has 1 heterocycles. The number of hydrogen-bond donors (Lipinski definition) is 2. The highest BCUT2D eigenvalue weighted by Crippen LogP contribution is 2.05. The minimum absolute atomic E-state index is 0.0843. The van der Waals surface area contributed by atoms with Gasteiger partial charge in [0.25, 0.3) is 0 Å². The molecule has 1 rings (SSSR count). The minimum atomic E-state index is -1.11. The lowest BCUT2D eigenvalue weighted by molar-refractivity contribution is -0.115. The van der Waals surface area contributed by atoms with Gasteiger partial charge in [0.1, 0.15) is 5.82 Å². The highest BCUT2D eigenvalue weighted by molar-refractivity contribution is 5.91. The number of nitrogens with one attached hydrogen (secondary N) is 1. The van der Waals surface area contributed by atoms with Crippen molar-refractivity contribution in [3.63, 3.8) is 0 Å². The van der Waals surface area contributed by atoms with Crippen LogP contribution in [0.3, 0.4) is 0 Å². The van der Waals surface area contributed by atoms with Gasteiger partial charge in [-0.15, -0.1) is 0 Å². The van der Waals surface area contributed by atoms with E-state index in [4.69, 9.17) is 5.11 Å². The summed E-state index contributed by atoms with van der Waals surface area (Å²) in [5.74, 6) is -1.05. The molecule has 0 aliphatic carbocycles. The van der Waals surface area contributed by atoms with Gasteiger partial charge in [-0.1, -0.05) is 13.0 Å². The minimum Gasteiger partial charge on any atom is -0.477 e. The number of carbonyl (C=O) groups excluding carboxylic acids is 1. The van der Waals surface area contributed by atoms with E-state index in [0.717, 1.165) is 0 Å². The second-order valence-corrected chi connectivity index (χ2v) is 2.61. The molecule has 14 heavy (non-hydrogen) atoms. The van der Waals surface area contributed by atoms with Crippen molar-refractivity contribution in [2.75, 3.05) is 5.32 Å². The Hall–Kier alpha value is -1.91. The molecular formula is C9H10N2O3.